The molecule has 0 spiro atoms. The number of aromatic nitrogens is 5. The van der Waals surface area contributed by atoms with Gasteiger partial charge >= 0.3 is 0 Å². The zero-order chi connectivity index (χ0) is 44.8. The van der Waals surface area contributed by atoms with Crippen LogP contribution in [0.3, 0.4) is 0 Å². The van der Waals surface area contributed by atoms with Gasteiger partial charge in [-0.25, -0.2) is 18.4 Å². The number of anilines is 2. The number of imidazole rings is 1. The number of hydrogen-bond donors (Lipinski definition) is 3. The summed E-state index contributed by atoms with van der Waals surface area (Å²) in [6, 6.07) is 11.4. The Morgan fingerprint density at radius 1 is 0.953 bits per heavy atom. The number of rotatable bonds is 6. The molecule has 64 heavy (non-hydrogen) atoms. The summed E-state index contributed by atoms with van der Waals surface area (Å²) in [5.41, 5.74) is 4.61. The van der Waals surface area contributed by atoms with Gasteiger partial charge in [0.05, 0.1) is 72.2 Å². The van der Waals surface area contributed by atoms with Crippen LogP contribution in [0.2, 0.25) is 0 Å². The van der Waals surface area contributed by atoms with Crippen LogP contribution in [0.5, 0.6) is 5.88 Å². The number of nitrogens with one attached hydrogen (secondary N) is 2. The summed E-state index contributed by atoms with van der Waals surface area (Å²) >= 11 is 0. The van der Waals surface area contributed by atoms with Crippen LogP contribution < -0.4 is 20.3 Å². The lowest BCUT2D eigenvalue weighted by molar-refractivity contribution is -0.138. The predicted molar refractivity (Wildman–Crippen MR) is 229 cm³/mol. The van der Waals surface area contributed by atoms with E-state index in [4.69, 9.17) is 14.5 Å². The zero-order valence-electron chi connectivity index (χ0n) is 35.9. The molecule has 4 aliphatic heterocycles. The van der Waals surface area contributed by atoms with Crippen LogP contribution >= 0.6 is 0 Å². The van der Waals surface area contributed by atoms with Crippen molar-refractivity contribution < 1.29 is 42.5 Å². The van der Waals surface area contributed by atoms with Crippen molar-refractivity contribution in [2.75, 3.05) is 62.8 Å². The Kier molecular flexibility index (Phi) is 11.9. The summed E-state index contributed by atoms with van der Waals surface area (Å²) in [4.78, 5) is 66.9. The fourth-order valence-corrected chi connectivity index (χ4v) is 9.35. The zero-order valence-corrected chi connectivity index (χ0v) is 35.9. The molecule has 0 saturated carbocycles. The summed E-state index contributed by atoms with van der Waals surface area (Å²) in [5, 5.41) is 20.1. The highest BCUT2D eigenvalue weighted by Gasteiger charge is 2.38. The molecule has 7 heterocycles. The minimum absolute atomic E-state index is 0.000570. The first-order chi connectivity index (χ1) is 30.8. The molecular formula is C45H50F2N10O7. The Balaban J connectivity index is 0.879. The van der Waals surface area contributed by atoms with Crippen molar-refractivity contribution in [2.24, 2.45) is 13.0 Å². The Bertz CT molecular complexity index is 2630. The van der Waals surface area contributed by atoms with Crippen LogP contribution in [0.15, 0.2) is 48.7 Å². The van der Waals surface area contributed by atoms with Gasteiger partial charge in [-0.15, -0.1) is 0 Å². The third-order valence-electron chi connectivity index (χ3n) is 12.6. The number of aliphatic hydroxyl groups is 1. The number of aliphatic hydroxyl groups excluding tert-OH is 1. The number of hydrogen-bond acceptors (Lipinski definition) is 12. The first kappa shape index (κ1) is 43.0. The molecular weight excluding hydrogens is 831 g/mol. The van der Waals surface area contributed by atoms with Gasteiger partial charge in [0, 0.05) is 75.2 Å². The van der Waals surface area contributed by atoms with Gasteiger partial charge in [-0.05, 0) is 68.7 Å². The second-order valence-electron chi connectivity index (χ2n) is 17.1. The minimum Gasteiger partial charge on any atom is -0.475 e. The standard InChI is InChI=1S/C45H50F2N10O7/c1-25-14-29-16-37(49-25)33-19-48-53(3)44(33)64-13-12-63-26(2)20-57-38-15-27(4-6-36(38)50-45(57)52-41(29)60)21-55-10-11-56(23-31(55)24-58)43(62)28-8-9-54(22-28)30-17-34(46)40(35(47)18-30)32-5-7-39(59)51-42(32)61/h4,6,14-19,26,28,31-32,58H,5,7-13,20-24H2,1-3H3,(H,50,52,60)(H,51,59,61)/t26-,28+,31+,32+/m0/s1. The highest BCUT2D eigenvalue weighted by atomic mass is 19.1. The van der Waals surface area contributed by atoms with E-state index in [-0.39, 0.29) is 67.8 Å². The van der Waals surface area contributed by atoms with Crippen LogP contribution in [0.4, 0.5) is 20.4 Å². The van der Waals surface area contributed by atoms with Crippen molar-refractivity contribution in [1.29, 1.82) is 0 Å². The number of aryl methyl sites for hydroxylation is 2. The molecule has 3 fully saturated rings. The SMILES string of the molecule is Cc1cc2cc(n1)-c1cnn(C)c1OCCO[C@@H](C)Cn1c(nc3ccc(CN4CCN(C(=O)[C@@H]5CCN(c6cc(F)c([C@H]7CCC(=O)NC7=O)c(F)c6)C5)C[C@@H]4CO)cc31)NC2=O. The Labute approximate surface area is 367 Å². The minimum atomic E-state index is -1.09. The van der Waals surface area contributed by atoms with Gasteiger partial charge in [0.15, 0.2) is 0 Å². The van der Waals surface area contributed by atoms with Gasteiger partial charge < -0.3 is 28.9 Å². The van der Waals surface area contributed by atoms with Gasteiger partial charge in [-0.1, -0.05) is 6.07 Å². The summed E-state index contributed by atoms with van der Waals surface area (Å²) in [6.45, 7) is 6.95. The monoisotopic (exact) mass is 880 g/mol. The van der Waals surface area contributed by atoms with E-state index >= 15 is 8.78 Å². The number of amides is 4. The molecule has 2 bridgehead atoms. The number of halogens is 2. The van der Waals surface area contributed by atoms with Crippen molar-refractivity contribution in [1.82, 2.24) is 39.4 Å². The molecule has 9 rings (SSSR count). The molecule has 3 aromatic heterocycles. The van der Waals surface area contributed by atoms with Crippen molar-refractivity contribution in [3.63, 3.8) is 0 Å². The third kappa shape index (κ3) is 8.54. The number of imide groups is 1. The second-order valence-corrected chi connectivity index (χ2v) is 17.1. The molecule has 4 atom stereocenters. The van der Waals surface area contributed by atoms with Crippen LogP contribution in [0, 0.1) is 24.5 Å². The van der Waals surface area contributed by atoms with Crippen molar-refractivity contribution in [3.8, 4) is 17.1 Å². The highest BCUT2D eigenvalue weighted by molar-refractivity contribution is 6.05. The molecule has 4 aliphatic rings. The number of fused-ring (bicyclic) bond motifs is 7. The van der Waals surface area contributed by atoms with Crippen molar-refractivity contribution in [2.45, 2.75) is 64.3 Å². The maximum absolute atomic E-state index is 15.3. The number of nitrogens with zero attached hydrogens (tertiary/aromatic N) is 8. The average molecular weight is 881 g/mol. The van der Waals surface area contributed by atoms with E-state index in [1.807, 2.05) is 36.6 Å². The molecule has 5 aromatic rings. The van der Waals surface area contributed by atoms with Gasteiger partial charge in [0.2, 0.25) is 29.5 Å². The molecule has 0 unspecified atom stereocenters. The fourth-order valence-electron chi connectivity index (χ4n) is 9.35. The lowest BCUT2D eigenvalue weighted by atomic mass is 9.89. The second kappa shape index (κ2) is 17.7. The van der Waals surface area contributed by atoms with Crippen LogP contribution in [-0.4, -0.2) is 128 Å². The summed E-state index contributed by atoms with van der Waals surface area (Å²) < 4.78 is 46.5. The maximum atomic E-state index is 15.3. The van der Waals surface area contributed by atoms with E-state index in [1.54, 1.807) is 39.9 Å². The van der Waals surface area contributed by atoms with E-state index in [0.717, 1.165) is 11.1 Å². The smallest absolute Gasteiger partial charge is 0.258 e. The topological polar surface area (TPSA) is 189 Å². The Hall–Kier alpha value is -6.31. The quantitative estimate of drug-likeness (QED) is 0.211. The number of carbonyl (C=O) groups is 4. The van der Waals surface area contributed by atoms with E-state index in [1.165, 1.54) is 12.1 Å². The molecule has 0 aliphatic carbocycles. The molecule has 336 valence electrons. The van der Waals surface area contributed by atoms with Crippen LogP contribution in [-0.2, 0) is 39.3 Å². The van der Waals surface area contributed by atoms with Crippen LogP contribution in [0.25, 0.3) is 22.3 Å². The van der Waals surface area contributed by atoms with Crippen molar-refractivity contribution in [3.05, 3.63) is 82.7 Å². The average Bonchev–Trinajstić information content (AvgIpc) is 3.99. The molecule has 4 amide bonds. The lowest BCUT2D eigenvalue weighted by Crippen LogP contribution is -2.56. The first-order valence-corrected chi connectivity index (χ1v) is 21.6. The van der Waals surface area contributed by atoms with E-state index in [2.05, 4.69) is 25.6 Å². The first-order valence-electron chi connectivity index (χ1n) is 21.6. The Morgan fingerprint density at radius 3 is 2.55 bits per heavy atom. The molecule has 2 aromatic carbocycles. The summed E-state index contributed by atoms with van der Waals surface area (Å²) in [7, 11) is 1.78. The third-order valence-corrected chi connectivity index (χ3v) is 12.6. The van der Waals surface area contributed by atoms with Crippen LogP contribution in [0.1, 0.15) is 59.3 Å². The Morgan fingerprint density at radius 2 is 1.77 bits per heavy atom. The molecule has 17 nitrogen and oxygen atoms in total. The molecule has 3 N–H and O–H groups in total. The number of carbonyl (C=O) groups excluding carboxylic acids is 4. The number of ether oxygens (including phenoxy) is 2. The largest absolute Gasteiger partial charge is 0.475 e. The van der Waals surface area contributed by atoms with Crippen molar-refractivity contribution >= 4 is 46.3 Å². The maximum Gasteiger partial charge on any atom is 0.258 e. The highest BCUT2D eigenvalue weighted by Crippen LogP contribution is 2.35. The van der Waals surface area contributed by atoms with E-state index < -0.39 is 35.3 Å². The summed E-state index contributed by atoms with van der Waals surface area (Å²) in [5.74, 6) is -3.97. The van der Waals surface area contributed by atoms with Gasteiger partial charge in [-0.3, -0.25) is 39.7 Å². The lowest BCUT2D eigenvalue weighted by Gasteiger charge is -2.41. The van der Waals surface area contributed by atoms with E-state index in [9.17, 15) is 24.3 Å². The number of piperidine rings is 1. The normalized spacial score (nSPS) is 22.3. The molecule has 19 heteroatoms. The van der Waals surface area contributed by atoms with Gasteiger partial charge in [0.1, 0.15) is 18.2 Å². The van der Waals surface area contributed by atoms with Gasteiger partial charge in [0.25, 0.3) is 5.91 Å². The van der Waals surface area contributed by atoms with E-state index in [0.29, 0.717) is 92.2 Å². The fraction of sp³-hybridized carbons (Fsp3) is 0.444. The predicted octanol–water partition coefficient (Wildman–Crippen LogP) is 3.52. The van der Waals surface area contributed by atoms with Gasteiger partial charge in [-0.2, -0.15) is 5.10 Å². The number of benzene rings is 2. The number of pyridine rings is 1. The molecule has 0 radical (unpaired) electrons. The summed E-state index contributed by atoms with van der Waals surface area (Å²) in [6.07, 6.45) is 1.89. The number of piperazine rings is 1. The molecule has 3 saturated heterocycles.